The van der Waals surface area contributed by atoms with Crippen molar-refractivity contribution in [2.24, 2.45) is 0 Å². The smallest absolute Gasteiger partial charge is 0.220 e. The molecule has 2 heterocycles. The zero-order valence-electron chi connectivity index (χ0n) is 15.7. The maximum Gasteiger partial charge on any atom is 0.220 e. The lowest BCUT2D eigenvalue weighted by molar-refractivity contribution is -0.121. The molecule has 0 aliphatic heterocycles. The third-order valence-corrected chi connectivity index (χ3v) is 5.57. The predicted octanol–water partition coefficient (Wildman–Crippen LogP) is 4.77. The van der Waals surface area contributed by atoms with Crippen molar-refractivity contribution >= 4 is 27.5 Å². The van der Waals surface area contributed by atoms with Crippen molar-refractivity contribution in [3.05, 3.63) is 71.4 Å². The van der Waals surface area contributed by atoms with Gasteiger partial charge in [-0.1, -0.05) is 12.1 Å². The van der Waals surface area contributed by atoms with Gasteiger partial charge in [0, 0.05) is 31.4 Å². The Morgan fingerprint density at radius 2 is 1.93 bits per heavy atom. The average molecular weight is 409 g/mol. The standard InChI is InChI=1S/C22H20FN3O2S/c23-16-9-7-15(8-10-16)18-14-25-21(28-18)12-11-20(27)24-13-3-6-22-26-17-4-1-2-5-19(17)29-22/h1-2,4-5,7-10,14H,3,6,11-13H2,(H,24,27). The first-order chi connectivity index (χ1) is 14.2. The summed E-state index contributed by atoms with van der Waals surface area (Å²) in [6.45, 7) is 0.612. The monoisotopic (exact) mass is 409 g/mol. The first-order valence-corrected chi connectivity index (χ1v) is 10.3. The van der Waals surface area contributed by atoms with Crippen molar-refractivity contribution in [3.8, 4) is 11.3 Å². The molecule has 0 radical (unpaired) electrons. The lowest BCUT2D eigenvalue weighted by Crippen LogP contribution is -2.25. The van der Waals surface area contributed by atoms with E-state index in [0.717, 1.165) is 28.9 Å². The van der Waals surface area contributed by atoms with Gasteiger partial charge in [-0.25, -0.2) is 14.4 Å². The number of amides is 1. The van der Waals surface area contributed by atoms with E-state index in [-0.39, 0.29) is 11.7 Å². The molecule has 0 atom stereocenters. The van der Waals surface area contributed by atoms with E-state index in [2.05, 4.69) is 21.4 Å². The van der Waals surface area contributed by atoms with Gasteiger partial charge < -0.3 is 9.73 Å². The van der Waals surface area contributed by atoms with Crippen LogP contribution in [0.3, 0.4) is 0 Å². The summed E-state index contributed by atoms with van der Waals surface area (Å²) in [4.78, 5) is 20.8. The van der Waals surface area contributed by atoms with Crippen LogP contribution in [-0.4, -0.2) is 22.4 Å². The minimum absolute atomic E-state index is 0.0316. The van der Waals surface area contributed by atoms with Crippen LogP contribution >= 0.6 is 11.3 Å². The van der Waals surface area contributed by atoms with Crippen LogP contribution in [0.4, 0.5) is 4.39 Å². The Balaban J connectivity index is 1.19. The summed E-state index contributed by atoms with van der Waals surface area (Å²) in [6, 6.07) is 14.1. The molecular weight excluding hydrogens is 389 g/mol. The molecule has 0 aliphatic rings. The fraction of sp³-hybridized carbons (Fsp3) is 0.227. The Morgan fingerprint density at radius 1 is 1.10 bits per heavy atom. The minimum atomic E-state index is -0.298. The van der Waals surface area contributed by atoms with Gasteiger partial charge in [-0.15, -0.1) is 11.3 Å². The zero-order chi connectivity index (χ0) is 20.1. The number of carbonyl (C=O) groups is 1. The zero-order valence-corrected chi connectivity index (χ0v) is 16.5. The number of para-hydroxylation sites is 1. The number of hydrogen-bond donors (Lipinski definition) is 1. The normalized spacial score (nSPS) is 11.1. The fourth-order valence-corrected chi connectivity index (χ4v) is 3.99. The molecular formula is C22H20FN3O2S. The molecule has 7 heteroatoms. The molecule has 0 saturated carbocycles. The second kappa shape index (κ2) is 8.96. The highest BCUT2D eigenvalue weighted by atomic mass is 32.1. The molecule has 0 spiro atoms. The summed E-state index contributed by atoms with van der Waals surface area (Å²) in [6.07, 6.45) is 4.02. The number of rotatable bonds is 8. The largest absolute Gasteiger partial charge is 0.441 e. The number of aromatic nitrogens is 2. The van der Waals surface area contributed by atoms with Crippen molar-refractivity contribution in [1.29, 1.82) is 0 Å². The van der Waals surface area contributed by atoms with Crippen LogP contribution in [0.15, 0.2) is 59.1 Å². The van der Waals surface area contributed by atoms with Gasteiger partial charge in [0.15, 0.2) is 11.7 Å². The number of nitrogens with zero attached hydrogens (tertiary/aromatic N) is 2. The quantitative estimate of drug-likeness (QED) is 0.426. The van der Waals surface area contributed by atoms with Crippen molar-refractivity contribution in [3.63, 3.8) is 0 Å². The van der Waals surface area contributed by atoms with Crippen molar-refractivity contribution < 1.29 is 13.6 Å². The lowest BCUT2D eigenvalue weighted by Gasteiger charge is -2.03. The minimum Gasteiger partial charge on any atom is -0.441 e. The summed E-state index contributed by atoms with van der Waals surface area (Å²) in [7, 11) is 0. The van der Waals surface area contributed by atoms with Gasteiger partial charge >= 0.3 is 0 Å². The maximum atomic E-state index is 13.0. The van der Waals surface area contributed by atoms with E-state index in [4.69, 9.17) is 4.42 Å². The van der Waals surface area contributed by atoms with Gasteiger partial charge in [-0.3, -0.25) is 4.79 Å². The van der Waals surface area contributed by atoms with Gasteiger partial charge in [0.25, 0.3) is 0 Å². The number of hydrogen-bond acceptors (Lipinski definition) is 5. The van der Waals surface area contributed by atoms with Crippen LogP contribution in [-0.2, 0) is 17.6 Å². The number of halogens is 1. The molecule has 0 aliphatic carbocycles. The maximum absolute atomic E-state index is 13.0. The molecule has 5 nitrogen and oxygen atoms in total. The number of fused-ring (bicyclic) bond motifs is 1. The van der Waals surface area contributed by atoms with Crippen LogP contribution in [0.5, 0.6) is 0 Å². The predicted molar refractivity (Wildman–Crippen MR) is 111 cm³/mol. The summed E-state index contributed by atoms with van der Waals surface area (Å²) in [5, 5.41) is 4.02. The Kier molecular flexibility index (Phi) is 5.95. The highest BCUT2D eigenvalue weighted by Gasteiger charge is 2.09. The van der Waals surface area contributed by atoms with Crippen LogP contribution < -0.4 is 5.32 Å². The van der Waals surface area contributed by atoms with E-state index in [1.807, 2.05) is 18.2 Å². The third kappa shape index (κ3) is 5.06. The molecule has 2 aromatic carbocycles. The molecule has 0 saturated heterocycles. The van der Waals surface area contributed by atoms with Gasteiger partial charge in [0.2, 0.25) is 5.91 Å². The first kappa shape index (κ1) is 19.3. The van der Waals surface area contributed by atoms with Crippen molar-refractivity contribution in [1.82, 2.24) is 15.3 Å². The van der Waals surface area contributed by atoms with Gasteiger partial charge in [0.05, 0.1) is 21.4 Å². The summed E-state index contributed by atoms with van der Waals surface area (Å²) in [5.74, 6) is 0.731. The van der Waals surface area contributed by atoms with Crippen LogP contribution in [0.1, 0.15) is 23.7 Å². The highest BCUT2D eigenvalue weighted by molar-refractivity contribution is 7.18. The Morgan fingerprint density at radius 3 is 2.76 bits per heavy atom. The van der Waals surface area contributed by atoms with Crippen molar-refractivity contribution in [2.45, 2.75) is 25.7 Å². The third-order valence-electron chi connectivity index (χ3n) is 4.48. The van der Waals surface area contributed by atoms with E-state index in [1.54, 1.807) is 29.7 Å². The lowest BCUT2D eigenvalue weighted by atomic mass is 10.2. The Hall–Kier alpha value is -3.06. The van der Waals surface area contributed by atoms with Gasteiger partial charge in [-0.2, -0.15) is 0 Å². The number of oxazole rings is 1. The molecule has 0 bridgehead atoms. The molecule has 4 aromatic rings. The van der Waals surface area contributed by atoms with E-state index in [9.17, 15) is 9.18 Å². The molecule has 0 fully saturated rings. The first-order valence-electron chi connectivity index (χ1n) is 9.49. The number of benzene rings is 2. The highest BCUT2D eigenvalue weighted by Crippen LogP contribution is 2.22. The number of carbonyl (C=O) groups excluding carboxylic acids is 1. The molecule has 4 rings (SSSR count). The average Bonchev–Trinajstić information content (AvgIpc) is 3.37. The second-order valence-corrected chi connectivity index (χ2v) is 7.77. The summed E-state index contributed by atoms with van der Waals surface area (Å²) >= 11 is 1.70. The fourth-order valence-electron chi connectivity index (χ4n) is 2.98. The molecule has 1 N–H and O–H groups in total. The Labute approximate surface area is 171 Å². The SMILES string of the molecule is O=C(CCc1ncc(-c2ccc(F)cc2)o1)NCCCc1nc2ccccc2s1. The van der Waals surface area contributed by atoms with Crippen LogP contribution in [0.2, 0.25) is 0 Å². The van der Waals surface area contributed by atoms with Crippen molar-refractivity contribution in [2.75, 3.05) is 6.54 Å². The van der Waals surface area contributed by atoms with E-state index in [1.165, 1.54) is 16.8 Å². The van der Waals surface area contributed by atoms with Crippen LogP contribution in [0, 0.1) is 5.82 Å². The number of nitrogens with one attached hydrogen (secondary N) is 1. The topological polar surface area (TPSA) is 68.0 Å². The molecule has 0 unspecified atom stereocenters. The van der Waals surface area contributed by atoms with Crippen LogP contribution in [0.25, 0.3) is 21.5 Å². The van der Waals surface area contributed by atoms with Gasteiger partial charge in [0.1, 0.15) is 5.82 Å². The van der Waals surface area contributed by atoms with E-state index < -0.39 is 0 Å². The molecule has 1 amide bonds. The molecule has 29 heavy (non-hydrogen) atoms. The molecule has 148 valence electrons. The van der Waals surface area contributed by atoms with E-state index in [0.29, 0.717) is 31.0 Å². The second-order valence-electron chi connectivity index (χ2n) is 6.65. The summed E-state index contributed by atoms with van der Waals surface area (Å²) < 4.78 is 19.8. The Bertz CT molecular complexity index is 1070. The summed E-state index contributed by atoms with van der Waals surface area (Å²) in [5.41, 5.74) is 1.78. The molecule has 2 aromatic heterocycles. The number of thiazole rings is 1. The van der Waals surface area contributed by atoms with Gasteiger partial charge in [-0.05, 0) is 42.8 Å². The number of aryl methyl sites for hydroxylation is 2. The van der Waals surface area contributed by atoms with E-state index >= 15 is 0 Å².